The van der Waals surface area contributed by atoms with E-state index in [2.05, 4.69) is 31.3 Å². The lowest BCUT2D eigenvalue weighted by atomic mass is 10.0. The second kappa shape index (κ2) is 77.1. The van der Waals surface area contributed by atoms with E-state index in [4.69, 9.17) is 4.74 Å². The van der Waals surface area contributed by atoms with E-state index in [0.29, 0.717) is 25.9 Å². The van der Waals surface area contributed by atoms with Crippen molar-refractivity contribution in [2.45, 2.75) is 482 Å². The molecule has 0 aliphatic carbocycles. The Kier molecular flexibility index (Phi) is 75.8. The summed E-state index contributed by atoms with van der Waals surface area (Å²) >= 11 is 0. The first-order valence-corrected chi connectivity index (χ1v) is 40.4. The number of nitrogens with one attached hydrogen (secondary N) is 1. The Hall–Kier alpha value is -1.40. The van der Waals surface area contributed by atoms with Crippen LogP contribution in [0.15, 0.2) is 12.2 Å². The number of unbranched alkanes of at least 4 members (excludes halogenated alkanes) is 64. The molecule has 0 fully saturated rings. The second-order valence-corrected chi connectivity index (χ2v) is 28.1. The van der Waals surface area contributed by atoms with Gasteiger partial charge >= 0.3 is 5.97 Å². The molecular formula is C81H159NO5. The topological polar surface area (TPSA) is 95.9 Å². The van der Waals surface area contributed by atoms with Crippen molar-refractivity contribution in [3.63, 3.8) is 0 Å². The molecule has 518 valence electrons. The van der Waals surface area contributed by atoms with Gasteiger partial charge in [-0.05, 0) is 51.4 Å². The molecule has 0 radical (unpaired) electrons. The van der Waals surface area contributed by atoms with Crippen LogP contribution in [-0.2, 0) is 14.3 Å². The van der Waals surface area contributed by atoms with Crippen LogP contribution in [0.4, 0.5) is 0 Å². The number of rotatable bonds is 77. The van der Waals surface area contributed by atoms with Crippen LogP contribution < -0.4 is 5.32 Å². The van der Waals surface area contributed by atoms with Gasteiger partial charge in [0.25, 0.3) is 0 Å². The van der Waals surface area contributed by atoms with Gasteiger partial charge in [0.15, 0.2) is 0 Å². The Balaban J connectivity index is 3.35. The normalized spacial score (nSPS) is 12.5. The summed E-state index contributed by atoms with van der Waals surface area (Å²) in [6.45, 7) is 5.01. The van der Waals surface area contributed by atoms with E-state index in [1.54, 1.807) is 0 Å². The summed E-state index contributed by atoms with van der Waals surface area (Å²) in [5.41, 5.74) is 0. The maximum absolute atomic E-state index is 12.6. The van der Waals surface area contributed by atoms with Crippen LogP contribution in [0.25, 0.3) is 0 Å². The summed E-state index contributed by atoms with van der Waals surface area (Å²) in [5, 5.41) is 23.5. The molecule has 87 heavy (non-hydrogen) atoms. The molecule has 0 saturated carbocycles. The minimum absolute atomic E-state index is 0.0218. The molecular weight excluding hydrogens is 1070 g/mol. The lowest BCUT2D eigenvalue weighted by Gasteiger charge is -2.22. The molecule has 2 atom stereocenters. The number of hydrogen-bond donors (Lipinski definition) is 3. The summed E-state index contributed by atoms with van der Waals surface area (Å²) in [6, 6.07) is -0.540. The molecule has 0 saturated heterocycles. The van der Waals surface area contributed by atoms with E-state index < -0.39 is 12.1 Å². The van der Waals surface area contributed by atoms with E-state index in [1.165, 1.54) is 398 Å². The monoisotopic (exact) mass is 1230 g/mol. The van der Waals surface area contributed by atoms with Crippen LogP contribution in [0.1, 0.15) is 470 Å². The number of hydrogen-bond acceptors (Lipinski definition) is 5. The van der Waals surface area contributed by atoms with Crippen LogP contribution in [0.2, 0.25) is 0 Å². The Morgan fingerprint density at radius 2 is 0.540 bits per heavy atom. The highest BCUT2D eigenvalue weighted by Crippen LogP contribution is 2.20. The highest BCUT2D eigenvalue weighted by molar-refractivity contribution is 5.76. The fourth-order valence-corrected chi connectivity index (χ4v) is 13.2. The van der Waals surface area contributed by atoms with Crippen LogP contribution in [0.5, 0.6) is 0 Å². The maximum atomic E-state index is 12.6. The van der Waals surface area contributed by atoms with Gasteiger partial charge in [-0.1, -0.05) is 418 Å². The van der Waals surface area contributed by atoms with Gasteiger partial charge in [0.2, 0.25) is 5.91 Å². The largest absolute Gasteiger partial charge is 0.466 e. The Labute approximate surface area is 546 Å². The minimum Gasteiger partial charge on any atom is -0.466 e. The van der Waals surface area contributed by atoms with Gasteiger partial charge in [0, 0.05) is 12.8 Å². The molecule has 0 aromatic heterocycles. The van der Waals surface area contributed by atoms with Crippen LogP contribution in [0, 0.1) is 0 Å². The predicted octanol–water partition coefficient (Wildman–Crippen LogP) is 26.7. The van der Waals surface area contributed by atoms with Crippen LogP contribution in [-0.4, -0.2) is 47.4 Å². The van der Waals surface area contributed by atoms with Crippen LogP contribution in [0.3, 0.4) is 0 Å². The van der Waals surface area contributed by atoms with Crippen molar-refractivity contribution < 1.29 is 24.5 Å². The third-order valence-electron chi connectivity index (χ3n) is 19.3. The highest BCUT2D eigenvalue weighted by atomic mass is 16.5. The Morgan fingerprint density at radius 3 is 0.816 bits per heavy atom. The maximum Gasteiger partial charge on any atom is 0.305 e. The average Bonchev–Trinajstić information content (AvgIpc) is 3.53. The molecule has 6 nitrogen and oxygen atoms in total. The number of aliphatic hydroxyl groups excluding tert-OH is 2. The van der Waals surface area contributed by atoms with Crippen molar-refractivity contribution in [1.82, 2.24) is 5.32 Å². The smallest absolute Gasteiger partial charge is 0.305 e. The van der Waals surface area contributed by atoms with Gasteiger partial charge in [0.1, 0.15) is 0 Å². The molecule has 1 amide bonds. The molecule has 0 aromatic carbocycles. The summed E-state index contributed by atoms with van der Waals surface area (Å²) in [7, 11) is 0. The Morgan fingerprint density at radius 1 is 0.310 bits per heavy atom. The first-order valence-electron chi connectivity index (χ1n) is 40.4. The molecule has 0 aliphatic rings. The number of esters is 1. The van der Waals surface area contributed by atoms with Crippen molar-refractivity contribution in [2.24, 2.45) is 0 Å². The van der Waals surface area contributed by atoms with Gasteiger partial charge in [-0.15, -0.1) is 0 Å². The number of carbonyl (C=O) groups excluding carboxylic acids is 2. The number of allylic oxidation sites excluding steroid dienone is 2. The molecule has 2 unspecified atom stereocenters. The summed E-state index contributed by atoms with van der Waals surface area (Å²) in [4.78, 5) is 24.7. The van der Waals surface area contributed by atoms with Crippen molar-refractivity contribution in [3.05, 3.63) is 12.2 Å². The Bertz CT molecular complexity index is 1320. The number of ether oxygens (including phenoxy) is 1. The van der Waals surface area contributed by atoms with Crippen molar-refractivity contribution in [3.8, 4) is 0 Å². The van der Waals surface area contributed by atoms with Gasteiger partial charge in [-0.25, -0.2) is 0 Å². The molecule has 0 rings (SSSR count). The molecule has 0 heterocycles. The van der Waals surface area contributed by atoms with Gasteiger partial charge in [-0.3, -0.25) is 9.59 Å². The second-order valence-electron chi connectivity index (χ2n) is 28.1. The fourth-order valence-electron chi connectivity index (χ4n) is 13.2. The molecule has 0 bridgehead atoms. The van der Waals surface area contributed by atoms with E-state index in [1.807, 2.05) is 0 Å². The van der Waals surface area contributed by atoms with E-state index >= 15 is 0 Å². The van der Waals surface area contributed by atoms with Gasteiger partial charge in [0.05, 0.1) is 25.4 Å². The molecule has 6 heteroatoms. The van der Waals surface area contributed by atoms with E-state index in [-0.39, 0.29) is 18.5 Å². The first-order chi connectivity index (χ1) is 43.0. The summed E-state index contributed by atoms with van der Waals surface area (Å²) in [5.74, 6) is -0.00424. The third-order valence-corrected chi connectivity index (χ3v) is 19.3. The van der Waals surface area contributed by atoms with Crippen molar-refractivity contribution >= 4 is 11.9 Å². The van der Waals surface area contributed by atoms with Crippen LogP contribution >= 0.6 is 0 Å². The highest BCUT2D eigenvalue weighted by Gasteiger charge is 2.20. The lowest BCUT2D eigenvalue weighted by Crippen LogP contribution is -2.45. The SMILES string of the molecule is CCCCCCCCCCCCCCCCCCCCCCCCCCC(O)C(CO)NC(=O)CCCCCCCCCCCCCCCCCC/C=C\CCCCCCCCCCCCCCOC(=O)CCCCCCCCCCCCCCCC. The molecule has 0 aliphatic heterocycles. The average molecular weight is 1230 g/mol. The van der Waals surface area contributed by atoms with Crippen molar-refractivity contribution in [1.29, 1.82) is 0 Å². The molecule has 0 aromatic rings. The number of carbonyl (C=O) groups is 2. The molecule has 0 spiro atoms. The lowest BCUT2D eigenvalue weighted by molar-refractivity contribution is -0.143. The zero-order valence-corrected chi connectivity index (χ0v) is 59.5. The zero-order chi connectivity index (χ0) is 62.8. The minimum atomic E-state index is -0.663. The standard InChI is InChI=1S/C81H159NO5/c1-3-5-7-9-11-13-15-17-19-20-21-22-23-34-37-40-43-46-49-53-57-61-65-69-73-79(84)78(77-83)82-80(85)74-70-66-62-58-54-50-47-44-41-38-35-32-30-28-26-24-25-27-29-31-33-36-39-42-45-48-52-56-60-64-68-72-76-87-81(86)75-71-67-63-59-55-51-18-16-14-12-10-8-6-4-2/h27,29,78-79,83-84H,3-26,28,30-77H2,1-2H3,(H,82,85)/b29-27-. The predicted molar refractivity (Wildman–Crippen MR) is 384 cm³/mol. The van der Waals surface area contributed by atoms with E-state index in [0.717, 1.165) is 38.5 Å². The number of amides is 1. The van der Waals surface area contributed by atoms with Gasteiger partial charge < -0.3 is 20.3 Å². The van der Waals surface area contributed by atoms with E-state index in [9.17, 15) is 19.8 Å². The summed E-state index contributed by atoms with van der Waals surface area (Å²) in [6.07, 6.45) is 97.4. The third kappa shape index (κ3) is 73.5. The number of aliphatic hydroxyl groups is 2. The summed E-state index contributed by atoms with van der Waals surface area (Å²) < 4.78 is 5.50. The molecule has 3 N–H and O–H groups in total. The first kappa shape index (κ1) is 85.6. The zero-order valence-electron chi connectivity index (χ0n) is 59.5. The van der Waals surface area contributed by atoms with Crippen molar-refractivity contribution in [2.75, 3.05) is 13.2 Å². The quantitative estimate of drug-likeness (QED) is 0.0320. The van der Waals surface area contributed by atoms with Gasteiger partial charge in [-0.2, -0.15) is 0 Å². The fraction of sp³-hybridized carbons (Fsp3) is 0.951.